The van der Waals surface area contributed by atoms with Crippen LogP contribution < -0.4 is 0 Å². The molecule has 0 saturated heterocycles. The fourth-order valence-electron chi connectivity index (χ4n) is 2.69. The topological polar surface area (TPSA) is 62.7 Å². The van der Waals surface area contributed by atoms with Gasteiger partial charge in [-0.3, -0.25) is 4.98 Å². The molecule has 0 radical (unpaired) electrons. The molecule has 2 aromatic heterocycles. The lowest BCUT2D eigenvalue weighted by molar-refractivity contribution is 0.509. The maximum absolute atomic E-state index is 14.9. The van der Waals surface area contributed by atoms with Gasteiger partial charge in [0.15, 0.2) is 17.3 Å². The number of hydrogen-bond acceptors (Lipinski definition) is 4. The summed E-state index contributed by atoms with van der Waals surface area (Å²) >= 11 is 0. The van der Waals surface area contributed by atoms with Gasteiger partial charge in [-0.25, -0.2) is 9.37 Å². The predicted molar refractivity (Wildman–Crippen MR) is 78.6 cm³/mol. The van der Waals surface area contributed by atoms with Crippen LogP contribution in [0, 0.1) is 24.1 Å². The van der Waals surface area contributed by atoms with Gasteiger partial charge in [0.05, 0.1) is 11.3 Å². The average molecular weight is 293 g/mol. The molecule has 4 rings (SSSR count). The van der Waals surface area contributed by atoms with Gasteiger partial charge in [-0.2, -0.15) is 5.26 Å². The van der Waals surface area contributed by atoms with E-state index in [9.17, 15) is 9.65 Å². The van der Waals surface area contributed by atoms with E-state index >= 15 is 0 Å². The van der Waals surface area contributed by atoms with Crippen molar-refractivity contribution in [3.63, 3.8) is 0 Å². The minimum Gasteiger partial charge on any atom is -0.437 e. The van der Waals surface area contributed by atoms with E-state index in [2.05, 4.69) is 16.0 Å². The second-order valence-electron chi connectivity index (χ2n) is 5.52. The fourth-order valence-corrected chi connectivity index (χ4v) is 2.69. The molecule has 0 aliphatic heterocycles. The third kappa shape index (κ3) is 1.81. The fraction of sp³-hybridized carbons (Fsp3) is 0.235. The van der Waals surface area contributed by atoms with Crippen LogP contribution in [0.25, 0.3) is 22.4 Å². The summed E-state index contributed by atoms with van der Waals surface area (Å²) in [6.07, 6.45) is 3.60. The molecule has 4 nitrogen and oxygen atoms in total. The minimum absolute atomic E-state index is 0.0599. The molecule has 1 aromatic carbocycles. The molecule has 5 heteroatoms. The lowest BCUT2D eigenvalue weighted by Crippen LogP contribution is -1.97. The van der Waals surface area contributed by atoms with Gasteiger partial charge in [-0.05, 0) is 37.5 Å². The van der Waals surface area contributed by atoms with E-state index in [1.165, 1.54) is 0 Å². The van der Waals surface area contributed by atoms with Crippen molar-refractivity contribution in [3.05, 3.63) is 47.2 Å². The van der Waals surface area contributed by atoms with Gasteiger partial charge >= 0.3 is 0 Å². The van der Waals surface area contributed by atoms with Crippen molar-refractivity contribution >= 4 is 11.1 Å². The zero-order valence-electron chi connectivity index (χ0n) is 11.9. The number of hydrogen-bond donors (Lipinski definition) is 0. The van der Waals surface area contributed by atoms with Gasteiger partial charge < -0.3 is 4.42 Å². The smallest absolute Gasteiger partial charge is 0.198 e. The molecular weight excluding hydrogens is 281 g/mol. The van der Waals surface area contributed by atoms with E-state index in [0.29, 0.717) is 33.8 Å². The van der Waals surface area contributed by atoms with Crippen LogP contribution in [0.15, 0.2) is 28.8 Å². The number of rotatable bonds is 2. The molecule has 0 unspecified atom stereocenters. The highest BCUT2D eigenvalue weighted by atomic mass is 19.1. The number of pyridine rings is 1. The van der Waals surface area contributed by atoms with Crippen LogP contribution in [0.1, 0.15) is 35.8 Å². The Hall–Kier alpha value is -2.74. The molecule has 0 spiro atoms. The molecule has 1 aliphatic rings. The van der Waals surface area contributed by atoms with Crippen LogP contribution in [0.2, 0.25) is 0 Å². The summed E-state index contributed by atoms with van der Waals surface area (Å²) in [5, 5.41) is 9.47. The van der Waals surface area contributed by atoms with E-state index in [-0.39, 0.29) is 11.5 Å². The molecule has 108 valence electrons. The highest BCUT2D eigenvalue weighted by molar-refractivity contribution is 5.88. The molecular formula is C17H12FN3O. The molecule has 2 heterocycles. The van der Waals surface area contributed by atoms with E-state index in [4.69, 9.17) is 4.42 Å². The van der Waals surface area contributed by atoms with E-state index < -0.39 is 5.82 Å². The van der Waals surface area contributed by atoms with Crippen LogP contribution in [-0.4, -0.2) is 9.97 Å². The molecule has 0 atom stereocenters. The maximum atomic E-state index is 14.9. The Balaban J connectivity index is 2.07. The Morgan fingerprint density at radius 1 is 1.36 bits per heavy atom. The van der Waals surface area contributed by atoms with Crippen molar-refractivity contribution < 1.29 is 8.81 Å². The number of fused-ring (bicyclic) bond motifs is 1. The first-order valence-corrected chi connectivity index (χ1v) is 7.14. The number of aromatic nitrogens is 2. The molecule has 1 fully saturated rings. The van der Waals surface area contributed by atoms with Gasteiger partial charge in [0, 0.05) is 17.7 Å². The normalized spacial score (nSPS) is 14.2. The standard InChI is InChI=1S/C17H12FN3O/c1-9-11(8-19)15-16(22-17(21-15)10-5-6-10)14(18)13(9)12-4-2-3-7-20-12/h2-4,7,10H,5-6H2,1H3. The summed E-state index contributed by atoms with van der Waals surface area (Å²) in [5.74, 6) is 0.296. The highest BCUT2D eigenvalue weighted by Gasteiger charge is 2.31. The van der Waals surface area contributed by atoms with Crippen LogP contribution in [-0.2, 0) is 0 Å². The number of benzene rings is 1. The first kappa shape index (κ1) is 13.0. The Morgan fingerprint density at radius 3 is 2.82 bits per heavy atom. The number of nitriles is 1. The van der Waals surface area contributed by atoms with E-state index in [0.717, 1.165) is 12.8 Å². The largest absolute Gasteiger partial charge is 0.437 e. The quantitative estimate of drug-likeness (QED) is 0.714. The van der Waals surface area contributed by atoms with Gasteiger partial charge in [0.1, 0.15) is 11.6 Å². The molecule has 1 saturated carbocycles. The van der Waals surface area contributed by atoms with Gasteiger partial charge in [-0.1, -0.05) is 6.07 Å². The first-order valence-electron chi connectivity index (χ1n) is 7.14. The summed E-state index contributed by atoms with van der Waals surface area (Å²) in [7, 11) is 0. The second kappa shape index (κ2) is 4.63. The van der Waals surface area contributed by atoms with Crippen LogP contribution in [0.5, 0.6) is 0 Å². The van der Waals surface area contributed by atoms with Crippen molar-refractivity contribution in [2.24, 2.45) is 0 Å². The first-order chi connectivity index (χ1) is 10.7. The second-order valence-corrected chi connectivity index (χ2v) is 5.52. The summed E-state index contributed by atoms with van der Waals surface area (Å²) < 4.78 is 20.6. The van der Waals surface area contributed by atoms with Gasteiger partial charge in [0.2, 0.25) is 0 Å². The van der Waals surface area contributed by atoms with Crippen LogP contribution in [0.4, 0.5) is 4.39 Å². The number of nitrogens with zero attached hydrogens (tertiary/aromatic N) is 3. The number of halogens is 1. The highest BCUT2D eigenvalue weighted by Crippen LogP contribution is 2.43. The molecule has 1 aliphatic carbocycles. The zero-order chi connectivity index (χ0) is 15.3. The Bertz CT molecular complexity index is 921. The third-order valence-corrected chi connectivity index (χ3v) is 4.01. The summed E-state index contributed by atoms with van der Waals surface area (Å²) in [4.78, 5) is 8.55. The lowest BCUT2D eigenvalue weighted by Gasteiger charge is -2.08. The Kier molecular flexibility index (Phi) is 2.73. The molecule has 0 amide bonds. The van der Waals surface area contributed by atoms with Crippen LogP contribution in [0.3, 0.4) is 0 Å². The van der Waals surface area contributed by atoms with Crippen molar-refractivity contribution in [2.75, 3.05) is 0 Å². The maximum Gasteiger partial charge on any atom is 0.198 e. The molecule has 0 bridgehead atoms. The summed E-state index contributed by atoms with van der Waals surface area (Å²) in [6.45, 7) is 1.72. The monoisotopic (exact) mass is 293 g/mol. The zero-order valence-corrected chi connectivity index (χ0v) is 11.9. The van der Waals surface area contributed by atoms with Crippen molar-refractivity contribution in [1.82, 2.24) is 9.97 Å². The van der Waals surface area contributed by atoms with E-state index in [1.54, 1.807) is 31.3 Å². The lowest BCUT2D eigenvalue weighted by atomic mass is 9.98. The predicted octanol–water partition coefficient (Wildman–Crippen LogP) is 4.09. The SMILES string of the molecule is Cc1c(-c2ccccn2)c(F)c2oc(C3CC3)nc2c1C#N. The summed E-state index contributed by atoms with van der Waals surface area (Å²) in [5.41, 5.74) is 2.07. The van der Waals surface area contributed by atoms with E-state index in [1.807, 2.05) is 0 Å². The number of oxazole rings is 1. The van der Waals surface area contributed by atoms with Crippen molar-refractivity contribution in [3.8, 4) is 17.3 Å². The third-order valence-electron chi connectivity index (χ3n) is 4.01. The van der Waals surface area contributed by atoms with Gasteiger partial charge in [0.25, 0.3) is 0 Å². The van der Waals surface area contributed by atoms with Gasteiger partial charge in [-0.15, -0.1) is 0 Å². The Morgan fingerprint density at radius 2 is 2.18 bits per heavy atom. The summed E-state index contributed by atoms with van der Waals surface area (Å²) in [6, 6.07) is 7.40. The average Bonchev–Trinajstić information content (AvgIpc) is 3.29. The minimum atomic E-state index is -0.496. The van der Waals surface area contributed by atoms with Crippen molar-refractivity contribution in [1.29, 1.82) is 5.26 Å². The molecule has 3 aromatic rings. The van der Waals surface area contributed by atoms with Crippen molar-refractivity contribution in [2.45, 2.75) is 25.7 Å². The molecule has 0 N–H and O–H groups in total. The van der Waals surface area contributed by atoms with Crippen LogP contribution >= 0.6 is 0 Å². The Labute approximate surface area is 126 Å². The molecule has 22 heavy (non-hydrogen) atoms.